The molecule has 1 saturated carbocycles. The van der Waals surface area contributed by atoms with E-state index < -0.39 is 6.29 Å². The Balaban J connectivity index is 1.35. The lowest BCUT2D eigenvalue weighted by Crippen LogP contribution is -3.10. The van der Waals surface area contributed by atoms with Crippen LogP contribution in [0.25, 0.3) is 0 Å². The molecule has 3 rings (SSSR count). The quantitative estimate of drug-likeness (QED) is 0.141. The van der Waals surface area contributed by atoms with Gasteiger partial charge in [0.25, 0.3) is 0 Å². The molecule has 2 N–H and O–H groups in total. The summed E-state index contributed by atoms with van der Waals surface area (Å²) >= 11 is 0. The van der Waals surface area contributed by atoms with Crippen molar-refractivity contribution in [2.45, 2.75) is 110 Å². The van der Waals surface area contributed by atoms with Gasteiger partial charge in [0, 0.05) is 12.8 Å². The molecule has 0 aromatic heterocycles. The molecule has 0 aliphatic heterocycles. The summed E-state index contributed by atoms with van der Waals surface area (Å²) in [6, 6.07) is 15.8. The van der Waals surface area contributed by atoms with Crippen LogP contribution >= 0.6 is 0 Å². The molecule has 2 aromatic carbocycles. The van der Waals surface area contributed by atoms with Gasteiger partial charge in [-0.1, -0.05) is 64.3 Å². The van der Waals surface area contributed by atoms with E-state index in [1.54, 1.807) is 12.1 Å². The SMILES string of the molecule is CCCCC1CCC([NH+]([O-])OCCOC(C)Oc2ccc(C(CC)CC(C)c3ccc(O)cc3)cc2)CC1. The Morgan fingerprint density at radius 2 is 1.58 bits per heavy atom. The predicted octanol–water partition coefficient (Wildman–Crippen LogP) is 6.88. The second kappa shape index (κ2) is 16.1. The van der Waals surface area contributed by atoms with Gasteiger partial charge in [0.1, 0.15) is 24.1 Å². The number of hydrogen-bond acceptors (Lipinski definition) is 5. The lowest BCUT2D eigenvalue weighted by molar-refractivity contribution is -1.07. The first-order valence-corrected chi connectivity index (χ1v) is 14.7. The molecule has 6 nitrogen and oxygen atoms in total. The van der Waals surface area contributed by atoms with E-state index in [1.165, 1.54) is 30.4 Å². The van der Waals surface area contributed by atoms with Crippen LogP contribution in [0.1, 0.15) is 108 Å². The Labute approximate surface area is 229 Å². The molecule has 1 aliphatic rings. The van der Waals surface area contributed by atoms with E-state index in [0.29, 0.717) is 24.2 Å². The van der Waals surface area contributed by atoms with Crippen molar-refractivity contribution in [1.82, 2.24) is 0 Å². The average molecular weight is 528 g/mol. The van der Waals surface area contributed by atoms with Gasteiger partial charge < -0.3 is 19.8 Å². The van der Waals surface area contributed by atoms with Crippen LogP contribution in [0, 0.1) is 11.1 Å². The number of phenolic OH excluding ortho intramolecular Hbond substituents is 1. The highest BCUT2D eigenvalue weighted by atomic mass is 16.9. The molecule has 0 saturated heterocycles. The van der Waals surface area contributed by atoms with E-state index in [4.69, 9.17) is 14.3 Å². The van der Waals surface area contributed by atoms with Crippen molar-refractivity contribution in [1.29, 1.82) is 0 Å². The van der Waals surface area contributed by atoms with Crippen molar-refractivity contribution in [3.63, 3.8) is 0 Å². The van der Waals surface area contributed by atoms with Gasteiger partial charge in [0.15, 0.2) is 6.29 Å². The molecule has 212 valence electrons. The second-order valence-electron chi connectivity index (χ2n) is 11.0. The summed E-state index contributed by atoms with van der Waals surface area (Å²) < 4.78 is 11.7. The molecule has 0 bridgehead atoms. The van der Waals surface area contributed by atoms with Crippen molar-refractivity contribution < 1.29 is 24.6 Å². The predicted molar refractivity (Wildman–Crippen MR) is 152 cm³/mol. The largest absolute Gasteiger partial charge is 0.600 e. The number of ether oxygens (including phenoxy) is 2. The molecule has 0 spiro atoms. The van der Waals surface area contributed by atoms with Crippen LogP contribution in [-0.4, -0.2) is 30.7 Å². The summed E-state index contributed by atoms with van der Waals surface area (Å²) in [6.45, 7) is 9.14. The molecule has 0 heterocycles. The highest BCUT2D eigenvalue weighted by molar-refractivity contribution is 5.31. The van der Waals surface area contributed by atoms with E-state index in [-0.39, 0.29) is 17.9 Å². The van der Waals surface area contributed by atoms with E-state index in [9.17, 15) is 10.3 Å². The molecule has 4 atom stereocenters. The zero-order chi connectivity index (χ0) is 27.3. The molecule has 0 radical (unpaired) electrons. The highest BCUT2D eigenvalue weighted by Crippen LogP contribution is 2.33. The topological polar surface area (TPSA) is 75.4 Å². The zero-order valence-electron chi connectivity index (χ0n) is 23.9. The lowest BCUT2D eigenvalue weighted by Gasteiger charge is -2.34. The second-order valence-corrected chi connectivity index (χ2v) is 11.0. The van der Waals surface area contributed by atoms with E-state index in [2.05, 4.69) is 32.9 Å². The molecule has 1 fully saturated rings. The van der Waals surface area contributed by atoms with Crippen LogP contribution < -0.4 is 9.96 Å². The van der Waals surface area contributed by atoms with Crippen LogP contribution in [-0.2, 0) is 9.57 Å². The van der Waals surface area contributed by atoms with Gasteiger partial charge in [0.05, 0.1) is 6.61 Å². The van der Waals surface area contributed by atoms with Gasteiger partial charge in [-0.15, -0.1) is 0 Å². The Morgan fingerprint density at radius 1 is 0.921 bits per heavy atom. The number of phenols is 1. The number of hydrogen-bond donors (Lipinski definition) is 2. The number of unbranched alkanes of at least 4 members (excludes halogenated alkanes) is 1. The maximum atomic E-state index is 12.4. The first-order valence-electron chi connectivity index (χ1n) is 14.7. The number of nitrogens with one attached hydrogen (secondary N) is 1. The van der Waals surface area contributed by atoms with Crippen LogP contribution in [0.4, 0.5) is 0 Å². The van der Waals surface area contributed by atoms with Crippen molar-refractivity contribution in [3.05, 3.63) is 64.9 Å². The summed E-state index contributed by atoms with van der Waals surface area (Å²) in [5.41, 5.74) is 2.54. The molecule has 38 heavy (non-hydrogen) atoms. The number of hydroxylamine groups is 2. The fourth-order valence-electron chi connectivity index (χ4n) is 5.60. The van der Waals surface area contributed by atoms with E-state index in [1.807, 2.05) is 31.2 Å². The van der Waals surface area contributed by atoms with Crippen LogP contribution in [0.15, 0.2) is 48.5 Å². The minimum atomic E-state index is -0.426. The first-order chi connectivity index (χ1) is 18.4. The Hall–Kier alpha value is -2.12. The normalized spacial score (nSPS) is 21.0. The minimum absolute atomic E-state index is 0.0519. The van der Waals surface area contributed by atoms with Crippen molar-refractivity contribution >= 4 is 0 Å². The maximum absolute atomic E-state index is 12.4. The molecule has 6 heteroatoms. The van der Waals surface area contributed by atoms with Gasteiger partial charge in [-0.2, -0.15) is 0 Å². The Kier molecular flexibility index (Phi) is 12.9. The minimum Gasteiger partial charge on any atom is -0.600 e. The first kappa shape index (κ1) is 30.4. The third kappa shape index (κ3) is 9.88. The van der Waals surface area contributed by atoms with Gasteiger partial charge in [-0.05, 0) is 85.8 Å². The fraction of sp³-hybridized carbons (Fsp3) is 0.625. The molecular weight excluding hydrogens is 478 g/mol. The molecule has 4 unspecified atom stereocenters. The van der Waals surface area contributed by atoms with Gasteiger partial charge in [-0.3, -0.25) is 0 Å². The third-order valence-corrected chi connectivity index (χ3v) is 8.07. The van der Waals surface area contributed by atoms with E-state index in [0.717, 1.165) is 50.2 Å². The summed E-state index contributed by atoms with van der Waals surface area (Å²) in [6.07, 6.45) is 9.72. The van der Waals surface area contributed by atoms with Crippen molar-refractivity contribution in [2.75, 3.05) is 13.2 Å². The van der Waals surface area contributed by atoms with Gasteiger partial charge in [-0.25, -0.2) is 10.1 Å². The van der Waals surface area contributed by atoms with Gasteiger partial charge >= 0.3 is 0 Å². The monoisotopic (exact) mass is 527 g/mol. The van der Waals surface area contributed by atoms with Crippen LogP contribution in [0.3, 0.4) is 0 Å². The van der Waals surface area contributed by atoms with Crippen LogP contribution in [0.5, 0.6) is 11.5 Å². The zero-order valence-corrected chi connectivity index (χ0v) is 23.9. The summed E-state index contributed by atoms with van der Waals surface area (Å²) in [5.74, 6) is 2.70. The molecule has 2 aromatic rings. The number of aromatic hydroxyl groups is 1. The number of benzene rings is 2. The smallest absolute Gasteiger partial charge is 0.197 e. The summed E-state index contributed by atoms with van der Waals surface area (Å²) in [4.78, 5) is 5.49. The Morgan fingerprint density at radius 3 is 2.21 bits per heavy atom. The lowest BCUT2D eigenvalue weighted by atomic mass is 9.83. The Bertz CT molecular complexity index is 895. The van der Waals surface area contributed by atoms with Crippen molar-refractivity contribution in [3.8, 4) is 11.5 Å². The van der Waals surface area contributed by atoms with Crippen LogP contribution in [0.2, 0.25) is 0 Å². The third-order valence-electron chi connectivity index (χ3n) is 8.07. The fourth-order valence-corrected chi connectivity index (χ4v) is 5.60. The van der Waals surface area contributed by atoms with Crippen molar-refractivity contribution in [2.24, 2.45) is 5.92 Å². The van der Waals surface area contributed by atoms with Gasteiger partial charge in [0.2, 0.25) is 0 Å². The molecule has 0 amide bonds. The maximum Gasteiger partial charge on any atom is 0.197 e. The molecule has 1 aliphatic carbocycles. The summed E-state index contributed by atoms with van der Waals surface area (Å²) in [5, 5.41) is 21.9. The number of rotatable bonds is 16. The number of quaternary nitrogens is 1. The van der Waals surface area contributed by atoms with E-state index >= 15 is 0 Å². The standard InChI is InChI=1S/C32H49NO5/c1-5-7-8-26-9-15-30(16-10-26)33(35)37-22-21-36-25(4)38-32-19-13-29(14-20-32)27(6-2)23-24(3)28-11-17-31(34)18-12-28/h11-14,17-20,24-27,30,33-34H,5-10,15-16,21-23H2,1-4H3. The highest BCUT2D eigenvalue weighted by Gasteiger charge is 2.26. The molecular formula is C32H49NO5. The summed E-state index contributed by atoms with van der Waals surface area (Å²) in [7, 11) is 0. The average Bonchev–Trinajstić information content (AvgIpc) is 2.94.